The average Bonchev–Trinajstić information content (AvgIpc) is 4.37. The van der Waals surface area contributed by atoms with Gasteiger partial charge in [-0.25, -0.2) is 0 Å². The maximum atomic E-state index is 14.5. The third-order valence-corrected chi connectivity index (χ3v) is 20.2. The van der Waals surface area contributed by atoms with Gasteiger partial charge in [0.05, 0.1) is 0 Å². The Morgan fingerprint density at radius 1 is 0.731 bits per heavy atom. The summed E-state index contributed by atoms with van der Waals surface area (Å²) >= 11 is 0. The van der Waals surface area contributed by atoms with Crippen LogP contribution in [0.4, 0.5) is 0 Å². The van der Waals surface area contributed by atoms with Gasteiger partial charge < -0.3 is 46.0 Å². The van der Waals surface area contributed by atoms with Crippen molar-refractivity contribution in [1.29, 1.82) is 0 Å². The van der Waals surface area contributed by atoms with E-state index >= 15 is 0 Å². The number of nitrogens with zero attached hydrogens (tertiary/aromatic N) is 4. The van der Waals surface area contributed by atoms with Crippen molar-refractivity contribution in [1.82, 2.24) is 35.6 Å². The lowest BCUT2D eigenvalue weighted by Gasteiger charge is -2.58. The zero-order chi connectivity index (χ0) is 56.2. The lowest BCUT2D eigenvalue weighted by molar-refractivity contribution is -0.152. The van der Waals surface area contributed by atoms with Gasteiger partial charge in [0.2, 0.25) is 35.4 Å². The summed E-state index contributed by atoms with van der Waals surface area (Å²) in [5.74, 6) is 0.396. The highest BCUT2D eigenvalue weighted by Gasteiger charge is 2.59. The Balaban J connectivity index is 0.841. The topological polar surface area (TPSA) is 221 Å². The zero-order valence-corrected chi connectivity index (χ0v) is 48.3. The van der Waals surface area contributed by atoms with Gasteiger partial charge in [-0.2, -0.15) is 0 Å². The summed E-state index contributed by atoms with van der Waals surface area (Å²) in [5.41, 5.74) is 7.98. The Morgan fingerprint density at radius 3 is 2.12 bits per heavy atom. The molecule has 0 aromatic heterocycles. The van der Waals surface area contributed by atoms with Crippen LogP contribution in [0.25, 0.3) is 0 Å². The van der Waals surface area contributed by atoms with Gasteiger partial charge in [-0.3, -0.25) is 38.4 Å². The molecule has 4 heterocycles. The van der Waals surface area contributed by atoms with Crippen LogP contribution >= 0.6 is 0 Å². The molecule has 0 spiro atoms. The van der Waals surface area contributed by atoms with Crippen LogP contribution in [0.2, 0.25) is 0 Å². The second-order valence-corrected chi connectivity index (χ2v) is 26.1. The second kappa shape index (κ2) is 25.1. The molecule has 3 saturated carbocycles. The first-order valence-corrected chi connectivity index (χ1v) is 30.2. The minimum absolute atomic E-state index is 0.0657. The van der Waals surface area contributed by atoms with E-state index in [2.05, 4.69) is 56.6 Å². The largest absolute Gasteiger partial charge is 0.461 e. The molecular weight excluding hydrogens is 989 g/mol. The Kier molecular flexibility index (Phi) is 18.9. The lowest BCUT2D eigenvalue weighted by atomic mass is 9.47. The third-order valence-electron chi connectivity index (χ3n) is 20.2. The van der Waals surface area contributed by atoms with E-state index in [4.69, 9.17) is 10.5 Å². The number of hydrogen-bond acceptors (Lipinski definition) is 10. The number of hydrogen-bond donors (Lipinski definition) is 4. The van der Waals surface area contributed by atoms with Crippen LogP contribution in [0.5, 0.6) is 0 Å². The van der Waals surface area contributed by atoms with Gasteiger partial charge in [0, 0.05) is 45.7 Å². The van der Waals surface area contributed by atoms with Gasteiger partial charge in [-0.15, -0.1) is 0 Å². The summed E-state index contributed by atoms with van der Waals surface area (Å²) in [7, 11) is 1.79. The molecule has 6 fully saturated rings. The number of likely N-dealkylation sites (tertiary alicyclic amines) is 3. The van der Waals surface area contributed by atoms with Crippen molar-refractivity contribution < 1.29 is 43.1 Å². The number of likely N-dealkylation sites (N-methyl/N-ethyl adjacent to an activating group) is 1. The Morgan fingerprint density at radius 2 is 1.42 bits per heavy atom. The minimum atomic E-state index is -1.28. The van der Waals surface area contributed by atoms with Crippen LogP contribution in [-0.2, 0) is 43.1 Å². The van der Waals surface area contributed by atoms with Gasteiger partial charge in [0.25, 0.3) is 5.91 Å². The number of esters is 1. The molecular formula is C61H94N8O9. The third kappa shape index (κ3) is 12.7. The zero-order valence-electron chi connectivity index (χ0n) is 48.3. The molecule has 0 aromatic carbocycles. The number of primary amides is 1. The number of allylic oxidation sites excluding steroid dienone is 3. The molecule has 3 saturated heterocycles. The number of amides is 7. The van der Waals surface area contributed by atoms with Gasteiger partial charge >= 0.3 is 5.97 Å². The molecule has 432 valence electrons. The molecule has 8 rings (SSSR count). The van der Waals surface area contributed by atoms with Gasteiger partial charge in [0.1, 0.15) is 48.6 Å². The van der Waals surface area contributed by atoms with E-state index < -0.39 is 65.7 Å². The molecule has 13 atom stereocenters. The van der Waals surface area contributed by atoms with E-state index in [0.29, 0.717) is 87.4 Å². The molecule has 0 aromatic rings. The standard InChI is InChI=1S/C61H94N8O9/c1-37(2)18-19-39(5)43-22-23-44-42-21-20-40-35-41(26-28-60(40,6)45(42)27-29-61(43,44)7)78-53(71)36-63-55(73)48-15-11-31-67(48)57(75)47(34-38(3)4)65-54(72)46(24-25-52(62)70)64-56(74)49-16-12-32-68(49)59(77)51-17-13-33-69(51)58(76)50-14-9-10-30-66(50)8/h10,14,20,30,37-39,41-49,51H,9,11-13,15-19,21-29,31-36H2,1-8H3,(H2,62,70)(H,63,73)(H,64,74)(H,65,72)/t39-,41-,42+,43-,44+,45+,46+,47+,48+,49+,51+,60+,61-/m1/s1. The van der Waals surface area contributed by atoms with Crippen molar-refractivity contribution in [3.05, 3.63) is 35.7 Å². The average molecular weight is 1080 g/mol. The van der Waals surface area contributed by atoms with Crippen molar-refractivity contribution in [2.75, 3.05) is 33.2 Å². The summed E-state index contributed by atoms with van der Waals surface area (Å²) < 4.78 is 6.07. The van der Waals surface area contributed by atoms with E-state index in [9.17, 15) is 38.4 Å². The summed E-state index contributed by atoms with van der Waals surface area (Å²) in [6.45, 7) is 16.8. The predicted molar refractivity (Wildman–Crippen MR) is 297 cm³/mol. The molecule has 7 amide bonds. The molecule has 17 heteroatoms. The number of ether oxygens (including phenoxy) is 1. The summed E-state index contributed by atoms with van der Waals surface area (Å²) in [6.07, 6.45) is 22.7. The van der Waals surface area contributed by atoms with Crippen molar-refractivity contribution in [2.24, 2.45) is 58.0 Å². The van der Waals surface area contributed by atoms with Gasteiger partial charge in [-0.05, 0) is 155 Å². The highest BCUT2D eigenvalue weighted by molar-refractivity contribution is 5.99. The van der Waals surface area contributed by atoms with Crippen LogP contribution in [0, 0.1) is 52.3 Å². The number of rotatable bonds is 20. The van der Waals surface area contributed by atoms with E-state index in [0.717, 1.165) is 42.9 Å². The number of carbonyl (C=O) groups is 8. The molecule has 8 aliphatic rings. The first-order chi connectivity index (χ1) is 37.1. The van der Waals surface area contributed by atoms with Crippen molar-refractivity contribution in [3.63, 3.8) is 0 Å². The quantitative estimate of drug-likeness (QED) is 0.0751. The molecule has 78 heavy (non-hydrogen) atoms. The first-order valence-electron chi connectivity index (χ1n) is 30.2. The molecule has 0 bridgehead atoms. The molecule has 5 N–H and O–H groups in total. The maximum absolute atomic E-state index is 14.5. The Hall–Kier alpha value is -5.22. The fraction of sp³-hybridized carbons (Fsp3) is 0.770. The summed E-state index contributed by atoms with van der Waals surface area (Å²) in [5, 5.41) is 8.39. The summed E-state index contributed by atoms with van der Waals surface area (Å²) in [4.78, 5) is 116. The molecule has 17 nitrogen and oxygen atoms in total. The smallest absolute Gasteiger partial charge is 0.325 e. The minimum Gasteiger partial charge on any atom is -0.461 e. The number of nitrogens with two attached hydrogens (primary N) is 1. The predicted octanol–water partition coefficient (Wildman–Crippen LogP) is 6.65. The fourth-order valence-corrected chi connectivity index (χ4v) is 16.1. The van der Waals surface area contributed by atoms with E-state index in [1.807, 2.05) is 32.2 Å². The highest BCUT2D eigenvalue weighted by Crippen LogP contribution is 2.67. The van der Waals surface area contributed by atoms with E-state index in [1.165, 1.54) is 53.9 Å². The van der Waals surface area contributed by atoms with Crippen LogP contribution < -0.4 is 21.7 Å². The maximum Gasteiger partial charge on any atom is 0.325 e. The second-order valence-electron chi connectivity index (χ2n) is 26.1. The van der Waals surface area contributed by atoms with Gasteiger partial charge in [-0.1, -0.05) is 85.1 Å². The Labute approximate surface area is 464 Å². The van der Waals surface area contributed by atoms with Crippen molar-refractivity contribution in [2.45, 2.75) is 213 Å². The number of carbonyl (C=O) groups excluding carboxylic acids is 8. The van der Waals surface area contributed by atoms with Crippen LogP contribution in [0.15, 0.2) is 35.7 Å². The highest BCUT2D eigenvalue weighted by atomic mass is 16.5. The first kappa shape index (κ1) is 58.9. The van der Waals surface area contributed by atoms with Crippen molar-refractivity contribution >= 4 is 47.3 Å². The molecule has 4 aliphatic carbocycles. The van der Waals surface area contributed by atoms with Crippen LogP contribution in [-0.4, -0.2) is 136 Å². The SMILES string of the molecule is CC(C)CC[C@@H](C)[C@H]1CC[C@H]2[C@@H]3CC=C4C[C@H](OC(=O)CNC(=O)[C@@H]5CCCN5C(=O)[C@H](CC(C)C)NC(=O)[C@H](CCC(N)=O)NC(=O)[C@@H]5CCCN5C(=O)[C@@H]5CCCN5C(=O)C5=CCC=CN5C)CC[C@]4(C)[C@H]3CC[C@]12C. The van der Waals surface area contributed by atoms with E-state index in [1.54, 1.807) is 16.8 Å². The van der Waals surface area contributed by atoms with Crippen molar-refractivity contribution in [3.8, 4) is 0 Å². The van der Waals surface area contributed by atoms with Crippen LogP contribution in [0.1, 0.15) is 177 Å². The van der Waals surface area contributed by atoms with Crippen LogP contribution in [0.3, 0.4) is 0 Å². The number of nitrogens with one attached hydrogen (secondary N) is 3. The molecule has 4 aliphatic heterocycles. The fourth-order valence-electron chi connectivity index (χ4n) is 16.1. The molecule has 0 radical (unpaired) electrons. The lowest BCUT2D eigenvalue weighted by Crippen LogP contribution is -2.59. The molecule has 0 unspecified atom stereocenters. The van der Waals surface area contributed by atoms with Gasteiger partial charge in [0.15, 0.2) is 0 Å². The van der Waals surface area contributed by atoms with E-state index in [-0.39, 0.29) is 61.6 Å². The normalized spacial score (nSPS) is 31.6. The Bertz CT molecular complexity index is 2370. The summed E-state index contributed by atoms with van der Waals surface area (Å²) in [6, 6.07) is -4.89. The number of fused-ring (bicyclic) bond motifs is 5. The monoisotopic (exact) mass is 1080 g/mol.